The van der Waals surface area contributed by atoms with Gasteiger partial charge in [0, 0.05) is 25.2 Å². The molecule has 0 bridgehead atoms. The average molecular weight is 275 g/mol. The number of hydrogen-bond acceptors (Lipinski definition) is 2. The highest BCUT2D eigenvalue weighted by molar-refractivity contribution is 6.31. The van der Waals surface area contributed by atoms with E-state index in [2.05, 4.69) is 41.4 Å². The third kappa shape index (κ3) is 3.42. The first kappa shape index (κ1) is 13.8. The molecule has 3 heteroatoms. The lowest BCUT2D eigenvalue weighted by molar-refractivity contribution is 0.883. The monoisotopic (exact) mass is 274 g/mol. The number of halogens is 1. The van der Waals surface area contributed by atoms with Gasteiger partial charge in [-0.3, -0.25) is 0 Å². The first-order valence-electron chi connectivity index (χ1n) is 6.36. The van der Waals surface area contributed by atoms with Gasteiger partial charge in [0.25, 0.3) is 0 Å². The van der Waals surface area contributed by atoms with Crippen LogP contribution in [0.25, 0.3) is 0 Å². The van der Waals surface area contributed by atoms with Crippen molar-refractivity contribution in [3.05, 3.63) is 59.1 Å². The maximum absolute atomic E-state index is 6.09. The van der Waals surface area contributed by atoms with Crippen LogP contribution in [-0.2, 0) is 0 Å². The van der Waals surface area contributed by atoms with Gasteiger partial charge in [-0.2, -0.15) is 0 Å². The van der Waals surface area contributed by atoms with Crippen molar-refractivity contribution in [2.24, 2.45) is 0 Å². The van der Waals surface area contributed by atoms with E-state index in [0.717, 1.165) is 16.4 Å². The molecule has 100 valence electrons. The Bertz CT molecular complexity index is 538. The first-order chi connectivity index (χ1) is 9.08. The molecule has 0 spiro atoms. The van der Waals surface area contributed by atoms with Crippen molar-refractivity contribution in [3.8, 4) is 0 Å². The van der Waals surface area contributed by atoms with Gasteiger partial charge in [-0.1, -0.05) is 41.9 Å². The summed E-state index contributed by atoms with van der Waals surface area (Å²) in [5.41, 5.74) is 3.44. The zero-order chi connectivity index (χ0) is 13.8. The highest BCUT2D eigenvalue weighted by Crippen LogP contribution is 2.30. The summed E-state index contributed by atoms with van der Waals surface area (Å²) in [4.78, 5) is 2.08. The van der Waals surface area contributed by atoms with Crippen molar-refractivity contribution >= 4 is 23.0 Å². The maximum atomic E-state index is 6.09. The molecule has 0 aliphatic rings. The molecule has 1 atom stereocenters. The van der Waals surface area contributed by atoms with E-state index in [1.54, 1.807) is 0 Å². The van der Waals surface area contributed by atoms with Gasteiger partial charge in [0.1, 0.15) is 0 Å². The Morgan fingerprint density at radius 2 is 1.74 bits per heavy atom. The van der Waals surface area contributed by atoms with Crippen molar-refractivity contribution in [1.29, 1.82) is 0 Å². The predicted molar refractivity (Wildman–Crippen MR) is 84.3 cm³/mol. The Labute approximate surface area is 120 Å². The lowest BCUT2D eigenvalue weighted by atomic mass is 10.1. The van der Waals surface area contributed by atoms with Crippen molar-refractivity contribution in [3.63, 3.8) is 0 Å². The molecular formula is C16H19ClN2. The molecule has 0 saturated heterocycles. The summed E-state index contributed by atoms with van der Waals surface area (Å²) in [6.45, 7) is 2.15. The van der Waals surface area contributed by atoms with Gasteiger partial charge in [0.15, 0.2) is 0 Å². The fraction of sp³-hybridized carbons (Fsp3) is 0.250. The molecule has 0 saturated carbocycles. The van der Waals surface area contributed by atoms with Crippen LogP contribution >= 0.6 is 11.6 Å². The van der Waals surface area contributed by atoms with Gasteiger partial charge >= 0.3 is 0 Å². The third-order valence-electron chi connectivity index (χ3n) is 3.11. The van der Waals surface area contributed by atoms with E-state index in [4.69, 9.17) is 11.6 Å². The summed E-state index contributed by atoms with van der Waals surface area (Å²) in [5.74, 6) is 0. The number of nitrogens with one attached hydrogen (secondary N) is 1. The number of rotatable bonds is 4. The summed E-state index contributed by atoms with van der Waals surface area (Å²) >= 11 is 6.09. The quantitative estimate of drug-likeness (QED) is 0.878. The molecule has 0 aromatic heterocycles. The fourth-order valence-electron chi connectivity index (χ4n) is 2.07. The van der Waals surface area contributed by atoms with Gasteiger partial charge in [-0.25, -0.2) is 0 Å². The zero-order valence-electron chi connectivity index (χ0n) is 11.5. The second kappa shape index (κ2) is 5.98. The minimum atomic E-state index is 0.235. The Kier molecular flexibility index (Phi) is 4.33. The zero-order valence-corrected chi connectivity index (χ0v) is 12.3. The number of benzene rings is 2. The molecule has 1 N–H and O–H groups in total. The summed E-state index contributed by atoms with van der Waals surface area (Å²) in [6, 6.07) is 16.5. The van der Waals surface area contributed by atoms with Crippen molar-refractivity contribution < 1.29 is 0 Å². The van der Waals surface area contributed by atoms with Crippen molar-refractivity contribution in [2.45, 2.75) is 13.0 Å². The molecule has 0 aliphatic heterocycles. The van der Waals surface area contributed by atoms with Crippen molar-refractivity contribution in [1.82, 2.24) is 0 Å². The van der Waals surface area contributed by atoms with E-state index in [1.807, 2.05) is 38.4 Å². The third-order valence-corrected chi connectivity index (χ3v) is 3.35. The van der Waals surface area contributed by atoms with Crippen LogP contribution in [0.5, 0.6) is 0 Å². The molecule has 2 aromatic carbocycles. The van der Waals surface area contributed by atoms with Crippen LogP contribution in [0.3, 0.4) is 0 Å². The Balaban J connectivity index is 2.25. The molecule has 2 aromatic rings. The summed E-state index contributed by atoms with van der Waals surface area (Å²) in [7, 11) is 4.06. The van der Waals surface area contributed by atoms with Crippen molar-refractivity contribution in [2.75, 3.05) is 24.3 Å². The lowest BCUT2D eigenvalue weighted by Gasteiger charge is -2.22. The van der Waals surface area contributed by atoms with Crippen LogP contribution in [0.15, 0.2) is 48.5 Å². The minimum absolute atomic E-state index is 0.235. The van der Waals surface area contributed by atoms with E-state index in [-0.39, 0.29) is 6.04 Å². The van der Waals surface area contributed by atoms with Gasteiger partial charge in [-0.15, -0.1) is 0 Å². The normalized spacial score (nSPS) is 12.0. The molecule has 0 heterocycles. The highest BCUT2D eigenvalue weighted by atomic mass is 35.5. The van der Waals surface area contributed by atoms with Crippen LogP contribution < -0.4 is 10.2 Å². The van der Waals surface area contributed by atoms with Crippen LogP contribution in [0.1, 0.15) is 18.5 Å². The molecule has 19 heavy (non-hydrogen) atoms. The molecular weight excluding hydrogens is 256 g/mol. The number of nitrogens with zero attached hydrogens (tertiary/aromatic N) is 1. The van der Waals surface area contributed by atoms with E-state index >= 15 is 0 Å². The fourth-order valence-corrected chi connectivity index (χ4v) is 2.24. The summed E-state index contributed by atoms with van der Waals surface area (Å²) in [5, 5.41) is 4.27. The Morgan fingerprint density at radius 1 is 1.05 bits per heavy atom. The second-order valence-corrected chi connectivity index (χ2v) is 5.27. The summed E-state index contributed by atoms with van der Waals surface area (Å²) < 4.78 is 0. The average Bonchev–Trinajstić information content (AvgIpc) is 2.39. The van der Waals surface area contributed by atoms with Gasteiger partial charge in [0.2, 0.25) is 0 Å². The highest BCUT2D eigenvalue weighted by Gasteiger charge is 2.10. The SMILES string of the molecule is CC(Nc1cc(Cl)ccc1N(C)C)c1ccccc1. The van der Waals surface area contributed by atoms with E-state index in [9.17, 15) is 0 Å². The number of anilines is 2. The lowest BCUT2D eigenvalue weighted by Crippen LogP contribution is -2.14. The van der Waals surface area contributed by atoms with Crippen LogP contribution in [0.4, 0.5) is 11.4 Å². The van der Waals surface area contributed by atoms with Gasteiger partial charge in [-0.05, 0) is 30.7 Å². The molecule has 0 amide bonds. The standard InChI is InChI=1S/C16H19ClN2/c1-12(13-7-5-4-6-8-13)18-15-11-14(17)9-10-16(15)19(2)3/h4-12,18H,1-3H3. The molecule has 0 fully saturated rings. The van der Waals surface area contributed by atoms with Gasteiger partial charge in [0.05, 0.1) is 11.4 Å². The van der Waals surface area contributed by atoms with Crippen LogP contribution in [0, 0.1) is 0 Å². The number of hydrogen-bond donors (Lipinski definition) is 1. The molecule has 1 unspecified atom stereocenters. The van der Waals surface area contributed by atoms with E-state index in [0.29, 0.717) is 0 Å². The molecule has 2 nitrogen and oxygen atoms in total. The second-order valence-electron chi connectivity index (χ2n) is 4.83. The Morgan fingerprint density at radius 3 is 2.37 bits per heavy atom. The smallest absolute Gasteiger partial charge is 0.0598 e. The van der Waals surface area contributed by atoms with Gasteiger partial charge < -0.3 is 10.2 Å². The minimum Gasteiger partial charge on any atom is -0.377 e. The topological polar surface area (TPSA) is 15.3 Å². The summed E-state index contributed by atoms with van der Waals surface area (Å²) in [6.07, 6.45) is 0. The largest absolute Gasteiger partial charge is 0.377 e. The van der Waals surface area contributed by atoms with E-state index in [1.165, 1.54) is 5.56 Å². The maximum Gasteiger partial charge on any atom is 0.0598 e. The van der Waals surface area contributed by atoms with Crippen LogP contribution in [-0.4, -0.2) is 14.1 Å². The first-order valence-corrected chi connectivity index (χ1v) is 6.74. The predicted octanol–water partition coefficient (Wildman–Crippen LogP) is 4.58. The molecule has 2 rings (SSSR count). The Hall–Kier alpha value is -1.67. The van der Waals surface area contributed by atoms with E-state index < -0.39 is 0 Å². The molecule has 0 radical (unpaired) electrons. The van der Waals surface area contributed by atoms with Crippen LogP contribution in [0.2, 0.25) is 5.02 Å². The molecule has 0 aliphatic carbocycles.